The molecule has 2 heterocycles. The molecular formula is C28H31F2N3O5. The average molecular weight is 528 g/mol. The Kier molecular flexibility index (Phi) is 7.91. The predicted octanol–water partition coefficient (Wildman–Crippen LogP) is 3.58. The highest BCUT2D eigenvalue weighted by atomic mass is 19.2. The first-order valence-corrected chi connectivity index (χ1v) is 12.7. The third-order valence-electron chi connectivity index (χ3n) is 7.57. The van der Waals surface area contributed by atoms with Crippen molar-refractivity contribution in [1.29, 1.82) is 0 Å². The number of halogens is 2. The molecular weight excluding hydrogens is 496 g/mol. The Labute approximate surface area is 219 Å². The number of rotatable bonds is 10. The highest BCUT2D eigenvalue weighted by Gasteiger charge is 2.54. The zero-order valence-electron chi connectivity index (χ0n) is 21.4. The van der Waals surface area contributed by atoms with Crippen LogP contribution in [-0.4, -0.2) is 58.3 Å². The van der Waals surface area contributed by atoms with E-state index in [4.69, 9.17) is 0 Å². The molecule has 0 bridgehead atoms. The van der Waals surface area contributed by atoms with Gasteiger partial charge in [0, 0.05) is 19.6 Å². The number of fused-ring (bicyclic) bond motifs is 1. The van der Waals surface area contributed by atoms with Crippen LogP contribution >= 0.6 is 0 Å². The molecule has 2 aromatic rings. The Bertz CT molecular complexity index is 1210. The number of likely N-dealkylation sites (tertiary alicyclic amines) is 1. The molecule has 2 aliphatic rings. The summed E-state index contributed by atoms with van der Waals surface area (Å²) in [5.74, 6) is -6.08. The van der Waals surface area contributed by atoms with Gasteiger partial charge < -0.3 is 4.90 Å². The lowest BCUT2D eigenvalue weighted by Gasteiger charge is -2.36. The van der Waals surface area contributed by atoms with Crippen molar-refractivity contribution in [3.05, 3.63) is 70.8 Å². The molecule has 2 N–H and O–H groups in total. The van der Waals surface area contributed by atoms with Gasteiger partial charge in [0.25, 0.3) is 11.8 Å². The van der Waals surface area contributed by atoms with Crippen molar-refractivity contribution in [2.75, 3.05) is 19.6 Å². The fraction of sp³-hybridized carbons (Fsp3) is 0.429. The first-order valence-electron chi connectivity index (χ1n) is 12.7. The minimum atomic E-state index is -1.24. The first-order chi connectivity index (χ1) is 18.1. The number of imide groups is 1. The lowest BCUT2D eigenvalue weighted by atomic mass is 9.67. The molecule has 202 valence electrons. The summed E-state index contributed by atoms with van der Waals surface area (Å²) in [6, 6.07) is 11.1. The number of nitrogens with zero attached hydrogens (tertiary/aromatic N) is 2. The van der Waals surface area contributed by atoms with Crippen LogP contribution in [0.15, 0.2) is 42.5 Å². The van der Waals surface area contributed by atoms with Crippen LogP contribution in [-0.2, 0) is 16.0 Å². The molecule has 0 spiro atoms. The van der Waals surface area contributed by atoms with Crippen molar-refractivity contribution in [2.24, 2.45) is 17.3 Å². The van der Waals surface area contributed by atoms with E-state index in [2.05, 4.69) is 0 Å². The average Bonchev–Trinajstić information content (AvgIpc) is 3.31. The topological polar surface area (TPSA) is 107 Å². The van der Waals surface area contributed by atoms with E-state index < -0.39 is 40.7 Å². The van der Waals surface area contributed by atoms with E-state index in [1.807, 2.05) is 44.2 Å². The summed E-state index contributed by atoms with van der Waals surface area (Å²) < 4.78 is 27.4. The van der Waals surface area contributed by atoms with Crippen LogP contribution in [0.3, 0.4) is 0 Å². The van der Waals surface area contributed by atoms with Crippen LogP contribution in [0.2, 0.25) is 0 Å². The monoisotopic (exact) mass is 527 g/mol. The summed E-state index contributed by atoms with van der Waals surface area (Å²) in [4.78, 5) is 55.0. The molecule has 8 nitrogen and oxygen atoms in total. The Morgan fingerprint density at radius 1 is 1.03 bits per heavy atom. The van der Waals surface area contributed by atoms with E-state index in [1.54, 1.807) is 10.4 Å². The van der Waals surface area contributed by atoms with Gasteiger partial charge in [-0.3, -0.25) is 29.3 Å². The molecule has 10 heteroatoms. The maximum absolute atomic E-state index is 13.9. The minimum Gasteiger partial charge on any atom is -0.342 e. The van der Waals surface area contributed by atoms with Crippen molar-refractivity contribution in [1.82, 2.24) is 15.3 Å². The number of carbonyl (C=O) groups is 4. The second-order valence-electron chi connectivity index (χ2n) is 10.4. The van der Waals surface area contributed by atoms with E-state index in [-0.39, 0.29) is 35.9 Å². The highest BCUT2D eigenvalue weighted by molar-refractivity contribution is 6.21. The number of hydrogen-bond donors (Lipinski definition) is 2. The molecule has 0 saturated carbocycles. The van der Waals surface area contributed by atoms with Crippen LogP contribution in [0.4, 0.5) is 8.78 Å². The summed E-state index contributed by atoms with van der Waals surface area (Å²) in [5.41, 5.74) is 1.09. The van der Waals surface area contributed by atoms with E-state index in [0.717, 1.165) is 10.5 Å². The van der Waals surface area contributed by atoms with Crippen LogP contribution < -0.4 is 5.48 Å². The summed E-state index contributed by atoms with van der Waals surface area (Å²) in [6.07, 6.45) is 1.27. The third-order valence-corrected chi connectivity index (χ3v) is 7.57. The summed E-state index contributed by atoms with van der Waals surface area (Å²) >= 11 is 0. The Morgan fingerprint density at radius 2 is 1.63 bits per heavy atom. The van der Waals surface area contributed by atoms with Gasteiger partial charge in [-0.25, -0.2) is 14.3 Å². The van der Waals surface area contributed by atoms with Crippen LogP contribution in [0, 0.1) is 28.9 Å². The van der Waals surface area contributed by atoms with Gasteiger partial charge in [-0.2, -0.15) is 0 Å². The molecule has 4 rings (SSSR count). The number of amides is 4. The smallest absolute Gasteiger partial charge is 0.261 e. The summed E-state index contributed by atoms with van der Waals surface area (Å²) in [7, 11) is 0. The van der Waals surface area contributed by atoms with Crippen molar-refractivity contribution >= 4 is 23.6 Å². The van der Waals surface area contributed by atoms with Gasteiger partial charge in [0.2, 0.25) is 11.8 Å². The lowest BCUT2D eigenvalue weighted by molar-refractivity contribution is -0.150. The summed E-state index contributed by atoms with van der Waals surface area (Å²) in [5, 5.41) is 9.56. The van der Waals surface area contributed by atoms with Crippen LogP contribution in [0.5, 0.6) is 0 Å². The molecule has 1 saturated heterocycles. The van der Waals surface area contributed by atoms with Gasteiger partial charge in [-0.15, -0.1) is 0 Å². The fourth-order valence-corrected chi connectivity index (χ4v) is 5.84. The van der Waals surface area contributed by atoms with Crippen LogP contribution in [0.25, 0.3) is 0 Å². The zero-order valence-corrected chi connectivity index (χ0v) is 21.4. The van der Waals surface area contributed by atoms with Crippen LogP contribution in [0.1, 0.15) is 59.4 Å². The second-order valence-corrected chi connectivity index (χ2v) is 10.4. The van der Waals surface area contributed by atoms with Crippen molar-refractivity contribution in [2.45, 2.75) is 39.5 Å². The molecule has 0 unspecified atom stereocenters. The zero-order chi connectivity index (χ0) is 27.6. The molecule has 0 aromatic heterocycles. The number of hydroxylamine groups is 1. The Hall–Kier alpha value is -3.66. The molecule has 4 amide bonds. The quantitative estimate of drug-likeness (QED) is 0.279. The van der Waals surface area contributed by atoms with Gasteiger partial charge in [-0.1, -0.05) is 44.2 Å². The van der Waals surface area contributed by atoms with Crippen molar-refractivity contribution in [3.8, 4) is 0 Å². The van der Waals surface area contributed by atoms with E-state index >= 15 is 0 Å². The molecule has 0 radical (unpaired) electrons. The minimum absolute atomic E-state index is 0.0345. The van der Waals surface area contributed by atoms with Gasteiger partial charge in [0.15, 0.2) is 11.6 Å². The maximum Gasteiger partial charge on any atom is 0.261 e. The third kappa shape index (κ3) is 5.05. The largest absolute Gasteiger partial charge is 0.342 e. The van der Waals surface area contributed by atoms with Gasteiger partial charge in [-0.05, 0) is 49.3 Å². The normalized spacial score (nSPS) is 19.9. The molecule has 0 aliphatic carbocycles. The van der Waals surface area contributed by atoms with E-state index in [0.29, 0.717) is 44.5 Å². The van der Waals surface area contributed by atoms with E-state index in [9.17, 15) is 33.2 Å². The van der Waals surface area contributed by atoms with Gasteiger partial charge in [0.05, 0.1) is 22.5 Å². The fourth-order valence-electron chi connectivity index (χ4n) is 5.84. The van der Waals surface area contributed by atoms with E-state index in [1.165, 1.54) is 0 Å². The Morgan fingerprint density at radius 3 is 2.18 bits per heavy atom. The molecule has 2 aromatic carbocycles. The standard InChI is InChI=1S/C28H31F2N3O5/c1-17(2)16-28(10-13-32(27(28)37)11-8-18-6-4-3-5-7-18)21(24(34)31-38)9-12-33-25(35)19-14-22(29)23(30)15-20(19)26(33)36/h3-7,14-15,17,21,38H,8-13,16H2,1-2H3,(H,31,34)/t21-,28+/m0/s1. The number of benzene rings is 2. The summed E-state index contributed by atoms with van der Waals surface area (Å²) in [6.45, 7) is 4.50. The van der Waals surface area contributed by atoms with Gasteiger partial charge >= 0.3 is 0 Å². The molecule has 2 atom stereocenters. The lowest BCUT2D eigenvalue weighted by Crippen LogP contribution is -2.48. The number of carbonyl (C=O) groups excluding carboxylic acids is 4. The SMILES string of the molecule is CC(C)C[C@@]1([C@@H](CCN2C(=O)c3cc(F)c(F)cc3C2=O)C(=O)NO)CCN(CCc2ccccc2)C1=O. The van der Waals surface area contributed by atoms with Gasteiger partial charge in [0.1, 0.15) is 0 Å². The molecule has 2 aliphatic heterocycles. The molecule has 38 heavy (non-hydrogen) atoms. The number of hydrogen-bond acceptors (Lipinski definition) is 5. The van der Waals surface area contributed by atoms with Crippen molar-refractivity contribution in [3.63, 3.8) is 0 Å². The predicted molar refractivity (Wildman–Crippen MR) is 133 cm³/mol. The highest BCUT2D eigenvalue weighted by Crippen LogP contribution is 2.46. The van der Waals surface area contributed by atoms with Crippen molar-refractivity contribution < 1.29 is 33.2 Å². The Balaban J connectivity index is 1.56. The maximum atomic E-state index is 13.9. The first kappa shape index (κ1) is 27.4. The molecule has 1 fully saturated rings. The second kappa shape index (κ2) is 11.0. The number of nitrogens with one attached hydrogen (secondary N) is 1.